The van der Waals surface area contributed by atoms with Gasteiger partial charge in [0, 0.05) is 25.8 Å². The van der Waals surface area contributed by atoms with Crippen LogP contribution in [0.4, 0.5) is 0 Å². The normalized spacial score (nSPS) is 16.6. The molecule has 8 nitrogen and oxygen atoms in total. The maximum atomic E-state index is 12.7. The first-order valence-electron chi connectivity index (χ1n) is 9.42. The second kappa shape index (κ2) is 7.93. The maximum absolute atomic E-state index is 12.7. The Morgan fingerprint density at radius 2 is 2.07 bits per heavy atom. The van der Waals surface area contributed by atoms with Gasteiger partial charge in [-0.3, -0.25) is 9.48 Å². The van der Waals surface area contributed by atoms with Crippen molar-refractivity contribution in [2.45, 2.75) is 32.6 Å². The molecule has 0 spiro atoms. The van der Waals surface area contributed by atoms with E-state index in [0.717, 1.165) is 23.4 Å². The fraction of sp³-hybridized carbons (Fsp3) is 0.400. The molecule has 3 heterocycles. The van der Waals surface area contributed by atoms with Crippen LogP contribution in [0.25, 0.3) is 0 Å². The summed E-state index contributed by atoms with van der Waals surface area (Å²) in [4.78, 5) is 14.5. The molecule has 8 heteroatoms. The Balaban J connectivity index is 1.31. The third kappa shape index (κ3) is 3.96. The highest BCUT2D eigenvalue weighted by Gasteiger charge is 2.30. The van der Waals surface area contributed by atoms with E-state index in [0.29, 0.717) is 32.0 Å². The van der Waals surface area contributed by atoms with Crippen LogP contribution in [0.3, 0.4) is 0 Å². The van der Waals surface area contributed by atoms with Crippen LogP contribution in [-0.2, 0) is 25.0 Å². The number of carbonyl (C=O) groups is 1. The molecular weight excluding hydrogens is 356 g/mol. The van der Waals surface area contributed by atoms with E-state index in [4.69, 9.17) is 4.74 Å². The van der Waals surface area contributed by atoms with Crippen molar-refractivity contribution >= 4 is 5.91 Å². The fourth-order valence-corrected chi connectivity index (χ4v) is 3.38. The summed E-state index contributed by atoms with van der Waals surface area (Å²) >= 11 is 0. The Bertz CT molecular complexity index is 929. The summed E-state index contributed by atoms with van der Waals surface area (Å²) in [5, 5.41) is 12.7. The molecule has 1 aliphatic rings. The van der Waals surface area contributed by atoms with Crippen molar-refractivity contribution in [1.82, 2.24) is 29.7 Å². The molecule has 1 fully saturated rings. The van der Waals surface area contributed by atoms with E-state index in [1.54, 1.807) is 4.68 Å². The zero-order chi connectivity index (χ0) is 19.5. The number of amides is 1. The van der Waals surface area contributed by atoms with Crippen LogP contribution < -0.4 is 0 Å². The van der Waals surface area contributed by atoms with Crippen molar-refractivity contribution < 1.29 is 9.53 Å². The number of benzene rings is 1. The van der Waals surface area contributed by atoms with Gasteiger partial charge in [-0.2, -0.15) is 5.10 Å². The number of carbonyl (C=O) groups excluding carboxylic acids is 1. The molecule has 0 N–H and O–H groups in total. The van der Waals surface area contributed by atoms with Gasteiger partial charge in [0.25, 0.3) is 5.91 Å². The summed E-state index contributed by atoms with van der Waals surface area (Å²) in [5.41, 5.74) is 3.38. The monoisotopic (exact) mass is 380 g/mol. The summed E-state index contributed by atoms with van der Waals surface area (Å²) in [7, 11) is 1.84. The number of aryl methyl sites for hydroxylation is 2. The molecule has 4 rings (SSSR count). The van der Waals surface area contributed by atoms with Crippen molar-refractivity contribution in [3.63, 3.8) is 0 Å². The molecule has 0 saturated carbocycles. The van der Waals surface area contributed by atoms with Gasteiger partial charge in [0.05, 0.1) is 25.5 Å². The molecule has 1 saturated heterocycles. The van der Waals surface area contributed by atoms with Gasteiger partial charge in [0.2, 0.25) is 0 Å². The number of hydrogen-bond donors (Lipinski definition) is 0. The van der Waals surface area contributed by atoms with Crippen LogP contribution in [0.15, 0.2) is 42.6 Å². The zero-order valence-corrected chi connectivity index (χ0v) is 16.2. The van der Waals surface area contributed by atoms with E-state index in [1.165, 1.54) is 0 Å². The molecule has 1 atom stereocenters. The second-order valence-electron chi connectivity index (χ2n) is 7.16. The van der Waals surface area contributed by atoms with Crippen LogP contribution in [0.5, 0.6) is 0 Å². The van der Waals surface area contributed by atoms with Gasteiger partial charge in [0.15, 0.2) is 5.69 Å². The summed E-state index contributed by atoms with van der Waals surface area (Å²) in [6.07, 6.45) is 2.76. The first-order valence-corrected chi connectivity index (χ1v) is 9.42. The zero-order valence-electron chi connectivity index (χ0n) is 16.2. The number of rotatable bonds is 6. The highest BCUT2D eigenvalue weighted by Crippen LogP contribution is 2.22. The van der Waals surface area contributed by atoms with Gasteiger partial charge in [0.1, 0.15) is 5.69 Å². The van der Waals surface area contributed by atoms with Crippen LogP contribution in [0.2, 0.25) is 0 Å². The molecule has 2 aromatic heterocycles. The van der Waals surface area contributed by atoms with Crippen molar-refractivity contribution in [3.8, 4) is 0 Å². The lowest BCUT2D eigenvalue weighted by Gasteiger charge is -2.15. The quantitative estimate of drug-likeness (QED) is 0.655. The van der Waals surface area contributed by atoms with Crippen LogP contribution >= 0.6 is 0 Å². The number of likely N-dealkylation sites (tertiary alicyclic amines) is 1. The molecule has 1 aliphatic heterocycles. The van der Waals surface area contributed by atoms with E-state index < -0.39 is 0 Å². The lowest BCUT2D eigenvalue weighted by Crippen LogP contribution is -2.29. The molecule has 0 bridgehead atoms. The van der Waals surface area contributed by atoms with E-state index >= 15 is 0 Å². The molecule has 0 radical (unpaired) electrons. The number of ether oxygens (including phenoxy) is 1. The Labute approximate surface area is 163 Å². The predicted octanol–water partition coefficient (Wildman–Crippen LogP) is 2.12. The molecule has 0 aliphatic carbocycles. The minimum absolute atomic E-state index is 0.0299. The summed E-state index contributed by atoms with van der Waals surface area (Å²) in [5.74, 6) is -0.0299. The summed E-state index contributed by atoms with van der Waals surface area (Å²) in [6, 6.07) is 12.0. The van der Waals surface area contributed by atoms with Gasteiger partial charge >= 0.3 is 0 Å². The largest absolute Gasteiger partial charge is 0.370 e. The minimum atomic E-state index is -0.0299. The Morgan fingerprint density at radius 3 is 2.82 bits per heavy atom. The average molecular weight is 380 g/mol. The highest BCUT2D eigenvalue weighted by molar-refractivity contribution is 5.92. The fourth-order valence-electron chi connectivity index (χ4n) is 3.38. The first-order chi connectivity index (χ1) is 13.6. The maximum Gasteiger partial charge on any atom is 0.274 e. The van der Waals surface area contributed by atoms with Crippen molar-refractivity contribution in [1.29, 1.82) is 0 Å². The smallest absolute Gasteiger partial charge is 0.274 e. The Kier molecular flexibility index (Phi) is 5.21. The van der Waals surface area contributed by atoms with Crippen LogP contribution in [-0.4, -0.2) is 48.7 Å². The van der Waals surface area contributed by atoms with Crippen molar-refractivity contribution in [2.24, 2.45) is 7.05 Å². The molecule has 146 valence electrons. The standard InChI is InChI=1S/C20H24N6O2/c1-15-10-19(22-24(15)2)20(27)25-9-8-18(12-25)26-11-17(21-23-26)14-28-13-16-6-4-3-5-7-16/h3-7,10-11,18H,8-9,12-14H2,1-2H3. The van der Waals surface area contributed by atoms with Crippen molar-refractivity contribution in [2.75, 3.05) is 13.1 Å². The minimum Gasteiger partial charge on any atom is -0.370 e. The molecule has 1 amide bonds. The lowest BCUT2D eigenvalue weighted by atomic mass is 10.2. The summed E-state index contributed by atoms with van der Waals surface area (Å²) < 4.78 is 9.29. The number of aromatic nitrogens is 5. The van der Waals surface area contributed by atoms with E-state index in [1.807, 2.05) is 66.1 Å². The SMILES string of the molecule is Cc1cc(C(=O)N2CCC(n3cc(COCc4ccccc4)nn3)C2)nn1C. The third-order valence-electron chi connectivity index (χ3n) is 5.08. The van der Waals surface area contributed by atoms with E-state index in [9.17, 15) is 4.79 Å². The number of nitrogens with zero attached hydrogens (tertiary/aromatic N) is 6. The Morgan fingerprint density at radius 1 is 1.25 bits per heavy atom. The van der Waals surface area contributed by atoms with Crippen LogP contribution in [0.1, 0.15) is 39.9 Å². The van der Waals surface area contributed by atoms with E-state index in [2.05, 4.69) is 15.4 Å². The third-order valence-corrected chi connectivity index (χ3v) is 5.08. The van der Waals surface area contributed by atoms with Gasteiger partial charge in [-0.05, 0) is 25.0 Å². The highest BCUT2D eigenvalue weighted by atomic mass is 16.5. The second-order valence-corrected chi connectivity index (χ2v) is 7.16. The predicted molar refractivity (Wildman–Crippen MR) is 102 cm³/mol. The van der Waals surface area contributed by atoms with E-state index in [-0.39, 0.29) is 11.9 Å². The van der Waals surface area contributed by atoms with Gasteiger partial charge < -0.3 is 9.64 Å². The van der Waals surface area contributed by atoms with Gasteiger partial charge in [-0.15, -0.1) is 5.10 Å². The average Bonchev–Trinajstić information content (AvgIpc) is 3.43. The lowest BCUT2D eigenvalue weighted by molar-refractivity contribution is 0.0780. The topological polar surface area (TPSA) is 78.1 Å². The van der Waals surface area contributed by atoms with Gasteiger partial charge in [-0.25, -0.2) is 4.68 Å². The molecule has 1 unspecified atom stereocenters. The van der Waals surface area contributed by atoms with Gasteiger partial charge in [-0.1, -0.05) is 35.5 Å². The molecule has 1 aromatic carbocycles. The molecular formula is C20H24N6O2. The number of hydrogen-bond acceptors (Lipinski definition) is 5. The Hall–Kier alpha value is -3.00. The van der Waals surface area contributed by atoms with Crippen molar-refractivity contribution in [3.05, 3.63) is 65.2 Å². The molecule has 28 heavy (non-hydrogen) atoms. The van der Waals surface area contributed by atoms with Crippen LogP contribution in [0, 0.1) is 6.92 Å². The summed E-state index contributed by atoms with van der Waals surface area (Å²) in [6.45, 7) is 4.20. The first kappa shape index (κ1) is 18.4. The molecule has 3 aromatic rings.